The second-order valence-corrected chi connectivity index (χ2v) is 7.83. The summed E-state index contributed by atoms with van der Waals surface area (Å²) in [6.45, 7) is 3.97. The maximum atomic E-state index is 13.9. The van der Waals surface area contributed by atoms with Gasteiger partial charge in [0.25, 0.3) is 0 Å². The highest BCUT2D eigenvalue weighted by Gasteiger charge is 2.24. The van der Waals surface area contributed by atoms with Crippen LogP contribution in [0.5, 0.6) is 5.75 Å². The number of ether oxygens (including phenoxy) is 1. The van der Waals surface area contributed by atoms with E-state index in [4.69, 9.17) is 4.74 Å². The van der Waals surface area contributed by atoms with Crippen molar-refractivity contribution in [3.05, 3.63) is 71.4 Å². The van der Waals surface area contributed by atoms with Crippen LogP contribution >= 0.6 is 0 Å². The number of carbonyl (C=O) groups is 1. The van der Waals surface area contributed by atoms with Crippen molar-refractivity contribution in [3.8, 4) is 5.75 Å². The van der Waals surface area contributed by atoms with Gasteiger partial charge in [-0.3, -0.25) is 4.79 Å². The summed E-state index contributed by atoms with van der Waals surface area (Å²) in [5.41, 5.74) is 1.89. The van der Waals surface area contributed by atoms with Crippen molar-refractivity contribution in [1.29, 1.82) is 0 Å². The van der Waals surface area contributed by atoms with Crippen molar-refractivity contribution >= 4 is 23.4 Å². The fourth-order valence-electron chi connectivity index (χ4n) is 3.68. The number of aryl methyl sites for hydroxylation is 1. The predicted octanol–water partition coefficient (Wildman–Crippen LogP) is 3.71. The zero-order chi connectivity index (χ0) is 23.4. The van der Waals surface area contributed by atoms with Crippen molar-refractivity contribution in [1.82, 2.24) is 14.9 Å². The van der Waals surface area contributed by atoms with Gasteiger partial charge in [0.05, 0.1) is 13.5 Å². The standard InChI is InChI=1S/C24H25F2N5O2/c1-16-13-22(28-19-5-7-20(33-2)8-6-19)29-24(27-16)31-11-9-30(10-12-31)23(32)14-17-3-4-18(25)15-21(17)26/h3-8,13,15H,9-12,14H2,1-2H3,(H,27,28,29). The van der Waals surface area contributed by atoms with E-state index in [2.05, 4.69) is 15.3 Å². The molecule has 1 aliphatic rings. The van der Waals surface area contributed by atoms with Crippen LogP contribution in [-0.2, 0) is 11.2 Å². The Morgan fingerprint density at radius 2 is 1.76 bits per heavy atom. The van der Waals surface area contributed by atoms with E-state index in [1.54, 1.807) is 12.0 Å². The highest BCUT2D eigenvalue weighted by Crippen LogP contribution is 2.22. The molecule has 4 rings (SSSR count). The van der Waals surface area contributed by atoms with Gasteiger partial charge in [0.15, 0.2) is 0 Å². The van der Waals surface area contributed by atoms with Gasteiger partial charge >= 0.3 is 0 Å². The second kappa shape index (κ2) is 9.81. The van der Waals surface area contributed by atoms with E-state index in [-0.39, 0.29) is 17.9 Å². The molecule has 1 fully saturated rings. The fourth-order valence-corrected chi connectivity index (χ4v) is 3.68. The SMILES string of the molecule is COc1ccc(Nc2cc(C)nc(N3CCN(C(=O)Cc4ccc(F)cc4F)CC3)n2)cc1. The van der Waals surface area contributed by atoms with Crippen molar-refractivity contribution < 1.29 is 18.3 Å². The number of carbonyl (C=O) groups excluding carboxylic acids is 1. The molecule has 0 bridgehead atoms. The lowest BCUT2D eigenvalue weighted by molar-refractivity contribution is -0.130. The Hall–Kier alpha value is -3.75. The van der Waals surface area contributed by atoms with Gasteiger partial charge in [0.1, 0.15) is 23.2 Å². The summed E-state index contributed by atoms with van der Waals surface area (Å²) in [4.78, 5) is 25.5. The van der Waals surface area contributed by atoms with E-state index in [9.17, 15) is 13.6 Å². The molecular formula is C24H25F2N5O2. The highest BCUT2D eigenvalue weighted by molar-refractivity contribution is 5.79. The molecule has 1 N–H and O–H groups in total. The molecule has 1 aromatic heterocycles. The first-order valence-corrected chi connectivity index (χ1v) is 10.6. The Labute approximate surface area is 191 Å². The molecule has 0 saturated carbocycles. The number of benzene rings is 2. The quantitative estimate of drug-likeness (QED) is 0.614. The molecule has 172 valence electrons. The van der Waals surface area contributed by atoms with E-state index in [0.29, 0.717) is 37.9 Å². The van der Waals surface area contributed by atoms with Crippen molar-refractivity contribution in [3.63, 3.8) is 0 Å². The molecule has 1 aliphatic heterocycles. The predicted molar refractivity (Wildman–Crippen MR) is 122 cm³/mol. The molecule has 1 saturated heterocycles. The lowest BCUT2D eigenvalue weighted by Crippen LogP contribution is -2.49. The molecule has 0 aliphatic carbocycles. The van der Waals surface area contributed by atoms with Crippen LogP contribution < -0.4 is 15.0 Å². The van der Waals surface area contributed by atoms with Gasteiger partial charge in [-0.1, -0.05) is 6.07 Å². The third kappa shape index (κ3) is 5.54. The smallest absolute Gasteiger partial charge is 0.227 e. The maximum absolute atomic E-state index is 13.9. The summed E-state index contributed by atoms with van der Waals surface area (Å²) in [7, 11) is 1.62. The van der Waals surface area contributed by atoms with Crippen LogP contribution in [0.25, 0.3) is 0 Å². The summed E-state index contributed by atoms with van der Waals surface area (Å²) in [5.74, 6) is 0.487. The van der Waals surface area contributed by atoms with Crippen LogP contribution in [0, 0.1) is 18.6 Å². The van der Waals surface area contributed by atoms with Gasteiger partial charge in [-0.2, -0.15) is 4.98 Å². The summed E-state index contributed by atoms with van der Waals surface area (Å²) in [6, 6.07) is 12.7. The summed E-state index contributed by atoms with van der Waals surface area (Å²) >= 11 is 0. The lowest BCUT2D eigenvalue weighted by Gasteiger charge is -2.35. The number of nitrogens with zero attached hydrogens (tertiary/aromatic N) is 4. The number of halogens is 2. The minimum atomic E-state index is -0.702. The van der Waals surface area contributed by atoms with Gasteiger partial charge < -0.3 is 19.9 Å². The first-order chi connectivity index (χ1) is 15.9. The van der Waals surface area contributed by atoms with E-state index in [1.165, 1.54) is 6.07 Å². The van der Waals surface area contributed by atoms with Crippen LogP contribution in [0.4, 0.5) is 26.2 Å². The average Bonchev–Trinajstić information content (AvgIpc) is 2.81. The molecule has 0 atom stereocenters. The van der Waals surface area contributed by atoms with Crippen LogP contribution in [0.2, 0.25) is 0 Å². The van der Waals surface area contributed by atoms with E-state index in [1.807, 2.05) is 42.2 Å². The van der Waals surface area contributed by atoms with Gasteiger partial charge in [-0.15, -0.1) is 0 Å². The number of aromatic nitrogens is 2. The normalized spacial score (nSPS) is 13.7. The summed E-state index contributed by atoms with van der Waals surface area (Å²) in [5, 5.41) is 3.28. The van der Waals surface area contributed by atoms with Gasteiger partial charge in [0.2, 0.25) is 11.9 Å². The molecule has 3 aromatic rings. The largest absolute Gasteiger partial charge is 0.497 e. The number of methoxy groups -OCH3 is 1. The zero-order valence-corrected chi connectivity index (χ0v) is 18.5. The lowest BCUT2D eigenvalue weighted by atomic mass is 10.1. The van der Waals surface area contributed by atoms with Crippen LogP contribution in [0.1, 0.15) is 11.3 Å². The Bertz CT molecular complexity index is 1130. The molecule has 0 unspecified atom stereocenters. The Morgan fingerprint density at radius 3 is 2.42 bits per heavy atom. The van der Waals surface area contributed by atoms with Crippen molar-refractivity contribution in [2.45, 2.75) is 13.3 Å². The van der Waals surface area contributed by atoms with Gasteiger partial charge in [0, 0.05) is 49.7 Å². The highest BCUT2D eigenvalue weighted by atomic mass is 19.1. The Kier molecular flexibility index (Phi) is 6.67. The van der Waals surface area contributed by atoms with E-state index in [0.717, 1.165) is 29.3 Å². The molecule has 0 spiro atoms. The van der Waals surface area contributed by atoms with Crippen molar-refractivity contribution in [2.24, 2.45) is 0 Å². The first kappa shape index (κ1) is 22.4. The van der Waals surface area contributed by atoms with Crippen LogP contribution in [-0.4, -0.2) is 54.1 Å². The van der Waals surface area contributed by atoms with Crippen LogP contribution in [0.15, 0.2) is 48.5 Å². The summed E-state index contributed by atoms with van der Waals surface area (Å²) < 4.78 is 32.2. The first-order valence-electron chi connectivity index (χ1n) is 10.6. The van der Waals surface area contributed by atoms with Crippen LogP contribution in [0.3, 0.4) is 0 Å². The molecule has 1 amide bonds. The topological polar surface area (TPSA) is 70.6 Å². The monoisotopic (exact) mass is 453 g/mol. The average molecular weight is 453 g/mol. The zero-order valence-electron chi connectivity index (χ0n) is 18.5. The molecule has 0 radical (unpaired) electrons. The maximum Gasteiger partial charge on any atom is 0.227 e. The van der Waals surface area contributed by atoms with E-state index >= 15 is 0 Å². The second-order valence-electron chi connectivity index (χ2n) is 7.83. The van der Waals surface area contributed by atoms with Gasteiger partial charge in [-0.25, -0.2) is 13.8 Å². The number of anilines is 3. The molecule has 7 nitrogen and oxygen atoms in total. The third-order valence-electron chi connectivity index (χ3n) is 5.48. The molecular weight excluding hydrogens is 428 g/mol. The number of nitrogens with one attached hydrogen (secondary N) is 1. The molecule has 2 heterocycles. The minimum Gasteiger partial charge on any atom is -0.497 e. The number of hydrogen-bond donors (Lipinski definition) is 1. The Balaban J connectivity index is 1.38. The molecule has 9 heteroatoms. The number of rotatable bonds is 6. The Morgan fingerprint density at radius 1 is 1.03 bits per heavy atom. The number of amides is 1. The molecule has 33 heavy (non-hydrogen) atoms. The van der Waals surface area contributed by atoms with Gasteiger partial charge in [-0.05, 0) is 42.8 Å². The number of piperazine rings is 1. The minimum absolute atomic E-state index is 0.0943. The fraction of sp³-hybridized carbons (Fsp3) is 0.292. The number of hydrogen-bond acceptors (Lipinski definition) is 6. The summed E-state index contributed by atoms with van der Waals surface area (Å²) in [6.07, 6.45) is -0.0943. The van der Waals surface area contributed by atoms with E-state index < -0.39 is 11.6 Å². The third-order valence-corrected chi connectivity index (χ3v) is 5.48. The van der Waals surface area contributed by atoms with Crippen molar-refractivity contribution in [2.75, 3.05) is 43.5 Å². The molecule has 2 aromatic carbocycles.